The van der Waals surface area contributed by atoms with Crippen LogP contribution in [0, 0.1) is 30.1 Å². The fraction of sp³-hybridized carbons (Fsp3) is 0.724. The Hall–Kier alpha value is -2.24. The third kappa shape index (κ3) is 5.46. The van der Waals surface area contributed by atoms with Gasteiger partial charge < -0.3 is 19.9 Å². The number of anilines is 1. The van der Waals surface area contributed by atoms with Crippen molar-refractivity contribution in [2.24, 2.45) is 23.2 Å². The van der Waals surface area contributed by atoms with Gasteiger partial charge in [-0.05, 0) is 114 Å². The average Bonchev–Trinajstić information content (AvgIpc) is 3.02. The van der Waals surface area contributed by atoms with E-state index in [1.807, 2.05) is 33.8 Å². The van der Waals surface area contributed by atoms with Crippen LogP contribution in [0.4, 0.5) is 10.5 Å². The first-order valence-corrected chi connectivity index (χ1v) is 13.7. The van der Waals surface area contributed by atoms with Crippen molar-refractivity contribution in [3.63, 3.8) is 0 Å². The van der Waals surface area contributed by atoms with Crippen LogP contribution in [-0.2, 0) is 4.74 Å². The molecule has 6 nitrogen and oxygen atoms in total. The number of hydrogen-bond donors (Lipinski definition) is 1. The molecule has 4 bridgehead atoms. The van der Waals surface area contributed by atoms with Gasteiger partial charge in [0.05, 0.1) is 0 Å². The highest BCUT2D eigenvalue weighted by molar-refractivity contribution is 5.96. The van der Waals surface area contributed by atoms with E-state index in [0.717, 1.165) is 60.6 Å². The quantitative estimate of drug-likeness (QED) is 0.626. The highest BCUT2D eigenvalue weighted by Crippen LogP contribution is 2.59. The minimum atomic E-state index is -0.488. The second-order valence-corrected chi connectivity index (χ2v) is 12.9. The minimum absolute atomic E-state index is 0.0605. The van der Waals surface area contributed by atoms with E-state index >= 15 is 0 Å². The van der Waals surface area contributed by atoms with Gasteiger partial charge >= 0.3 is 6.09 Å². The first kappa shape index (κ1) is 24.5. The first-order valence-electron chi connectivity index (χ1n) is 13.7. The third-order valence-corrected chi connectivity index (χ3v) is 8.77. The molecule has 1 N–H and O–H groups in total. The summed E-state index contributed by atoms with van der Waals surface area (Å²) in [6.07, 6.45) is 8.83. The molecule has 4 aliphatic carbocycles. The Balaban J connectivity index is 1.22. The van der Waals surface area contributed by atoms with E-state index in [0.29, 0.717) is 18.5 Å². The molecule has 1 aromatic carbocycles. The first-order chi connectivity index (χ1) is 16.6. The molecule has 0 atom stereocenters. The van der Waals surface area contributed by atoms with Crippen LogP contribution < -0.4 is 10.2 Å². The van der Waals surface area contributed by atoms with Gasteiger partial charge in [0.1, 0.15) is 5.60 Å². The van der Waals surface area contributed by atoms with Crippen molar-refractivity contribution in [2.45, 2.75) is 78.2 Å². The molecule has 5 aliphatic rings. The number of nitrogens with zero attached hydrogens (tertiary/aromatic N) is 2. The molecule has 1 heterocycles. The predicted octanol–water partition coefficient (Wildman–Crippen LogP) is 5.39. The van der Waals surface area contributed by atoms with Crippen LogP contribution in [0.1, 0.15) is 81.6 Å². The number of benzene rings is 1. The van der Waals surface area contributed by atoms with Gasteiger partial charge in [-0.1, -0.05) is 6.07 Å². The lowest BCUT2D eigenvalue weighted by Crippen LogP contribution is -2.51. The van der Waals surface area contributed by atoms with Crippen molar-refractivity contribution >= 4 is 17.7 Å². The van der Waals surface area contributed by atoms with Crippen LogP contribution in [-0.4, -0.2) is 55.2 Å². The number of aryl methyl sites for hydroxylation is 1. The van der Waals surface area contributed by atoms with E-state index in [1.165, 1.54) is 38.5 Å². The fourth-order valence-corrected chi connectivity index (χ4v) is 7.61. The van der Waals surface area contributed by atoms with Crippen molar-refractivity contribution in [3.05, 3.63) is 29.3 Å². The summed E-state index contributed by atoms with van der Waals surface area (Å²) in [6, 6.07) is 6.22. The lowest BCUT2D eigenvalue weighted by Gasteiger charge is -2.56. The van der Waals surface area contributed by atoms with E-state index in [1.54, 1.807) is 4.90 Å². The van der Waals surface area contributed by atoms with E-state index in [4.69, 9.17) is 4.74 Å². The summed E-state index contributed by atoms with van der Waals surface area (Å²) in [7, 11) is 0. The molecule has 0 radical (unpaired) electrons. The lowest BCUT2D eigenvalue weighted by molar-refractivity contribution is -0.0503. The molecular formula is C29H43N3O3. The summed E-state index contributed by atoms with van der Waals surface area (Å²) in [5, 5.41) is 3.36. The molecule has 1 saturated heterocycles. The molecule has 2 amide bonds. The fourth-order valence-electron chi connectivity index (χ4n) is 7.61. The summed E-state index contributed by atoms with van der Waals surface area (Å²) in [5.74, 6) is 2.75. The number of ether oxygens (including phenoxy) is 1. The maximum Gasteiger partial charge on any atom is 0.410 e. The number of hydrogen-bond acceptors (Lipinski definition) is 4. The average molecular weight is 482 g/mol. The van der Waals surface area contributed by atoms with E-state index in [9.17, 15) is 9.59 Å². The van der Waals surface area contributed by atoms with Gasteiger partial charge in [-0.2, -0.15) is 0 Å². The molecule has 192 valence electrons. The maximum absolute atomic E-state index is 13.3. The number of rotatable bonds is 4. The summed E-state index contributed by atoms with van der Waals surface area (Å²) in [5.41, 5.74) is 2.70. The zero-order valence-corrected chi connectivity index (χ0v) is 22.1. The maximum atomic E-state index is 13.3. The van der Waals surface area contributed by atoms with Crippen molar-refractivity contribution in [1.82, 2.24) is 10.2 Å². The Morgan fingerprint density at radius 3 is 2.29 bits per heavy atom. The highest BCUT2D eigenvalue weighted by Gasteiger charge is 2.50. The van der Waals surface area contributed by atoms with E-state index < -0.39 is 5.60 Å². The van der Waals surface area contributed by atoms with Crippen LogP contribution in [0.25, 0.3) is 0 Å². The number of carbonyl (C=O) groups excluding carboxylic acids is 2. The number of nitrogens with one attached hydrogen (secondary N) is 1. The van der Waals surface area contributed by atoms with Gasteiger partial charge in [-0.25, -0.2) is 4.79 Å². The van der Waals surface area contributed by atoms with Crippen LogP contribution in [0.3, 0.4) is 0 Å². The normalized spacial score (nSPS) is 30.2. The minimum Gasteiger partial charge on any atom is -0.444 e. The molecule has 35 heavy (non-hydrogen) atoms. The van der Waals surface area contributed by atoms with Gasteiger partial charge in [0.2, 0.25) is 0 Å². The van der Waals surface area contributed by atoms with Crippen LogP contribution in [0.2, 0.25) is 0 Å². The van der Waals surface area contributed by atoms with Gasteiger partial charge in [0.15, 0.2) is 0 Å². The molecular weight excluding hydrogens is 438 g/mol. The topological polar surface area (TPSA) is 61.9 Å². The molecule has 4 saturated carbocycles. The zero-order chi connectivity index (χ0) is 24.8. The Morgan fingerprint density at radius 2 is 1.66 bits per heavy atom. The Labute approximate surface area is 210 Å². The monoisotopic (exact) mass is 481 g/mol. The van der Waals surface area contributed by atoms with Crippen molar-refractivity contribution < 1.29 is 14.3 Å². The second-order valence-electron chi connectivity index (χ2n) is 12.9. The molecule has 6 heteroatoms. The Kier molecular flexibility index (Phi) is 6.52. The summed E-state index contributed by atoms with van der Waals surface area (Å²) >= 11 is 0. The van der Waals surface area contributed by atoms with Gasteiger partial charge in [0.25, 0.3) is 5.91 Å². The molecule has 0 unspecified atom stereocenters. The van der Waals surface area contributed by atoms with Gasteiger partial charge in [-0.15, -0.1) is 0 Å². The van der Waals surface area contributed by atoms with Crippen LogP contribution >= 0.6 is 0 Å². The smallest absolute Gasteiger partial charge is 0.410 e. The summed E-state index contributed by atoms with van der Waals surface area (Å²) in [4.78, 5) is 30.0. The molecule has 0 aromatic heterocycles. The van der Waals surface area contributed by atoms with Crippen molar-refractivity contribution in [3.8, 4) is 0 Å². The Morgan fingerprint density at radius 1 is 1.00 bits per heavy atom. The largest absolute Gasteiger partial charge is 0.444 e. The summed E-state index contributed by atoms with van der Waals surface area (Å²) in [6.45, 7) is 11.5. The van der Waals surface area contributed by atoms with Gasteiger partial charge in [0, 0.05) is 44.0 Å². The lowest BCUT2D eigenvalue weighted by atomic mass is 9.49. The van der Waals surface area contributed by atoms with E-state index in [2.05, 4.69) is 22.3 Å². The molecule has 1 aromatic rings. The van der Waals surface area contributed by atoms with Crippen molar-refractivity contribution in [2.75, 3.05) is 37.6 Å². The molecule has 0 spiro atoms. The highest BCUT2D eigenvalue weighted by atomic mass is 16.6. The second kappa shape index (κ2) is 9.33. The standard InChI is InChI=1S/C29H43N3O3/c1-20-6-7-24(31-8-5-9-32(11-10-31)27(34)35-28(2,3)4)15-25(20)26(33)30-19-29-16-21-12-22(17-29)14-23(13-21)18-29/h6-7,15,21-23H,5,8-14,16-19H2,1-4H3,(H,30,33). The molecule has 6 rings (SSSR count). The SMILES string of the molecule is Cc1ccc(N2CCCN(C(=O)OC(C)(C)C)CC2)cc1C(=O)NCC12CC3CC(CC(C3)C1)C2. The number of carbonyl (C=O) groups is 2. The van der Waals surface area contributed by atoms with E-state index in [-0.39, 0.29) is 12.0 Å². The van der Waals surface area contributed by atoms with Crippen LogP contribution in [0.5, 0.6) is 0 Å². The Bertz CT molecular complexity index is 931. The van der Waals surface area contributed by atoms with Crippen LogP contribution in [0.15, 0.2) is 18.2 Å². The summed E-state index contributed by atoms with van der Waals surface area (Å²) < 4.78 is 5.57. The molecule has 5 fully saturated rings. The van der Waals surface area contributed by atoms with Crippen molar-refractivity contribution in [1.29, 1.82) is 0 Å². The van der Waals surface area contributed by atoms with Gasteiger partial charge in [-0.3, -0.25) is 4.79 Å². The zero-order valence-electron chi connectivity index (χ0n) is 22.1. The third-order valence-electron chi connectivity index (χ3n) is 8.77. The molecule has 1 aliphatic heterocycles. The predicted molar refractivity (Wildman–Crippen MR) is 139 cm³/mol. The number of amides is 2.